The highest BCUT2D eigenvalue weighted by atomic mass is 16.2. The van der Waals surface area contributed by atoms with E-state index in [1.165, 1.54) is 18.4 Å². The number of benzene rings is 1. The number of hydrogen-bond acceptors (Lipinski definition) is 4. The largest absolute Gasteiger partial charge is 0.356 e. The van der Waals surface area contributed by atoms with E-state index in [2.05, 4.69) is 32.0 Å². The number of piperidine rings is 1. The van der Waals surface area contributed by atoms with Gasteiger partial charge < -0.3 is 14.8 Å². The van der Waals surface area contributed by atoms with Gasteiger partial charge in [-0.1, -0.05) is 30.3 Å². The average molecular weight is 418 g/mol. The molecule has 0 spiro atoms. The first-order valence-electron chi connectivity index (χ1n) is 11.1. The summed E-state index contributed by atoms with van der Waals surface area (Å²) in [6, 6.07) is 12.5. The Balaban J connectivity index is 1.13. The van der Waals surface area contributed by atoms with Crippen molar-refractivity contribution in [2.75, 3.05) is 19.6 Å². The molecule has 2 fully saturated rings. The Morgan fingerprint density at radius 3 is 2.55 bits per heavy atom. The Kier molecular flexibility index (Phi) is 5.40. The third kappa shape index (κ3) is 4.31. The van der Waals surface area contributed by atoms with Gasteiger partial charge in [-0.05, 0) is 43.7 Å². The number of nitrogens with one attached hydrogen (secondary N) is 1. The van der Waals surface area contributed by atoms with Crippen LogP contribution in [0.2, 0.25) is 0 Å². The number of fused-ring (bicyclic) bond motifs is 1. The summed E-state index contributed by atoms with van der Waals surface area (Å²) >= 11 is 0. The van der Waals surface area contributed by atoms with E-state index in [0.717, 1.165) is 17.6 Å². The number of nitrogens with zero attached hydrogens (tertiary/aromatic N) is 4. The Morgan fingerprint density at radius 1 is 1.03 bits per heavy atom. The minimum atomic E-state index is -0.0327. The maximum atomic E-state index is 13.0. The molecule has 1 aromatic carbocycles. The summed E-state index contributed by atoms with van der Waals surface area (Å²) in [6.07, 6.45) is 8.03. The third-order valence-corrected chi connectivity index (χ3v) is 6.31. The van der Waals surface area contributed by atoms with Gasteiger partial charge in [0.25, 0.3) is 5.91 Å². The molecule has 7 nitrogen and oxygen atoms in total. The van der Waals surface area contributed by atoms with Gasteiger partial charge in [0.15, 0.2) is 5.65 Å². The quantitative estimate of drug-likeness (QED) is 0.669. The topological polar surface area (TPSA) is 80.1 Å². The van der Waals surface area contributed by atoms with Crippen LogP contribution in [0, 0.1) is 5.92 Å². The fraction of sp³-hybridized carbons (Fsp3) is 0.417. The van der Waals surface area contributed by atoms with Crippen LogP contribution >= 0.6 is 0 Å². The molecular weight excluding hydrogens is 390 g/mol. The number of rotatable bonds is 6. The lowest BCUT2D eigenvalue weighted by molar-refractivity contribution is -0.126. The van der Waals surface area contributed by atoms with Crippen molar-refractivity contribution >= 4 is 23.0 Å². The number of amides is 2. The molecule has 0 unspecified atom stereocenters. The molecule has 160 valence electrons. The second-order valence-electron chi connectivity index (χ2n) is 8.54. The molecule has 1 aliphatic carbocycles. The van der Waals surface area contributed by atoms with E-state index >= 15 is 0 Å². The predicted octanol–water partition coefficient (Wildman–Crippen LogP) is 2.98. The molecule has 3 heterocycles. The van der Waals surface area contributed by atoms with Crippen LogP contribution in [-0.2, 0) is 11.2 Å². The molecular formula is C24H27N5O2. The summed E-state index contributed by atoms with van der Waals surface area (Å²) in [6.45, 7) is 1.81. The van der Waals surface area contributed by atoms with Crippen LogP contribution < -0.4 is 5.32 Å². The first-order chi connectivity index (χ1) is 15.2. The summed E-state index contributed by atoms with van der Waals surface area (Å²) in [5, 5.41) is 3.05. The molecule has 1 aliphatic heterocycles. The second kappa shape index (κ2) is 8.49. The van der Waals surface area contributed by atoms with Crippen LogP contribution in [0.5, 0.6) is 0 Å². The van der Waals surface area contributed by atoms with Crippen molar-refractivity contribution in [1.29, 1.82) is 0 Å². The van der Waals surface area contributed by atoms with E-state index in [-0.39, 0.29) is 17.7 Å². The van der Waals surface area contributed by atoms with E-state index in [1.54, 1.807) is 6.20 Å². The van der Waals surface area contributed by atoms with Gasteiger partial charge in [0.2, 0.25) is 5.91 Å². The minimum Gasteiger partial charge on any atom is -0.356 e. The lowest BCUT2D eigenvalue weighted by Gasteiger charge is -2.31. The lowest BCUT2D eigenvalue weighted by Crippen LogP contribution is -2.43. The van der Waals surface area contributed by atoms with Crippen molar-refractivity contribution < 1.29 is 9.59 Å². The number of pyridine rings is 1. The molecule has 2 amide bonds. The molecule has 1 N–H and O–H groups in total. The Labute approximate surface area is 181 Å². The van der Waals surface area contributed by atoms with Crippen LogP contribution in [0.4, 0.5) is 0 Å². The highest BCUT2D eigenvalue weighted by Crippen LogP contribution is 2.36. The minimum absolute atomic E-state index is 0.0293. The normalized spacial score (nSPS) is 17.1. The van der Waals surface area contributed by atoms with Crippen molar-refractivity contribution in [1.82, 2.24) is 24.8 Å². The van der Waals surface area contributed by atoms with E-state index in [4.69, 9.17) is 0 Å². The molecule has 2 aromatic heterocycles. The molecule has 0 atom stereocenters. The number of carbonyl (C=O) groups excluding carboxylic acids is 2. The smallest absolute Gasteiger partial charge is 0.255 e. The molecule has 2 aliphatic rings. The van der Waals surface area contributed by atoms with Crippen LogP contribution in [0.15, 0.2) is 48.9 Å². The van der Waals surface area contributed by atoms with Gasteiger partial charge in [0, 0.05) is 37.8 Å². The maximum Gasteiger partial charge on any atom is 0.255 e. The summed E-state index contributed by atoms with van der Waals surface area (Å²) in [5.41, 5.74) is 3.41. The number of hydrogen-bond donors (Lipinski definition) is 1. The predicted molar refractivity (Wildman–Crippen MR) is 118 cm³/mol. The summed E-state index contributed by atoms with van der Waals surface area (Å²) in [7, 11) is 0. The monoisotopic (exact) mass is 417 g/mol. The molecule has 5 rings (SSSR count). The van der Waals surface area contributed by atoms with Gasteiger partial charge in [0.1, 0.15) is 5.52 Å². The van der Waals surface area contributed by atoms with Gasteiger partial charge in [-0.3, -0.25) is 9.59 Å². The van der Waals surface area contributed by atoms with E-state index in [1.807, 2.05) is 35.5 Å². The Morgan fingerprint density at radius 2 is 1.81 bits per heavy atom. The lowest BCUT2D eigenvalue weighted by atomic mass is 9.95. The Bertz CT molecular complexity index is 1080. The van der Waals surface area contributed by atoms with E-state index in [0.29, 0.717) is 44.1 Å². The average Bonchev–Trinajstić information content (AvgIpc) is 3.58. The highest BCUT2D eigenvalue weighted by molar-refractivity contribution is 5.96. The van der Waals surface area contributed by atoms with E-state index < -0.39 is 0 Å². The number of likely N-dealkylation sites (tertiary alicyclic amines) is 1. The zero-order valence-corrected chi connectivity index (χ0v) is 17.5. The number of aromatic nitrogens is 3. The van der Waals surface area contributed by atoms with Gasteiger partial charge in [0.05, 0.1) is 11.9 Å². The SMILES string of the molecule is O=C(NCCc1ccccc1)C1CCN(C(=O)c2cnc3c(c2)ncn3C2CC2)CC1. The first kappa shape index (κ1) is 19.7. The molecule has 3 aromatic rings. The molecule has 0 bridgehead atoms. The molecule has 31 heavy (non-hydrogen) atoms. The van der Waals surface area contributed by atoms with Crippen LogP contribution in [-0.4, -0.2) is 50.9 Å². The fourth-order valence-corrected chi connectivity index (χ4v) is 4.30. The Hall–Kier alpha value is -3.22. The highest BCUT2D eigenvalue weighted by Gasteiger charge is 2.29. The van der Waals surface area contributed by atoms with Crippen molar-refractivity contribution in [2.45, 2.75) is 38.1 Å². The molecule has 1 saturated heterocycles. The zero-order chi connectivity index (χ0) is 21.2. The summed E-state index contributed by atoms with van der Waals surface area (Å²) in [5.74, 6) is 0.0321. The van der Waals surface area contributed by atoms with Gasteiger partial charge in [-0.2, -0.15) is 0 Å². The summed E-state index contributed by atoms with van der Waals surface area (Å²) < 4.78 is 2.10. The van der Waals surface area contributed by atoms with Gasteiger partial charge >= 0.3 is 0 Å². The van der Waals surface area contributed by atoms with Crippen molar-refractivity contribution in [3.05, 3.63) is 60.0 Å². The third-order valence-electron chi connectivity index (χ3n) is 6.31. The zero-order valence-electron chi connectivity index (χ0n) is 17.5. The second-order valence-corrected chi connectivity index (χ2v) is 8.54. The number of carbonyl (C=O) groups is 2. The van der Waals surface area contributed by atoms with Crippen LogP contribution in [0.3, 0.4) is 0 Å². The van der Waals surface area contributed by atoms with Crippen LogP contribution in [0.1, 0.15) is 47.6 Å². The van der Waals surface area contributed by atoms with Crippen molar-refractivity contribution in [3.63, 3.8) is 0 Å². The number of imidazole rings is 1. The molecule has 1 saturated carbocycles. The van der Waals surface area contributed by atoms with Gasteiger partial charge in [-0.15, -0.1) is 0 Å². The van der Waals surface area contributed by atoms with Crippen molar-refractivity contribution in [3.8, 4) is 0 Å². The maximum absolute atomic E-state index is 13.0. The first-order valence-corrected chi connectivity index (χ1v) is 11.1. The molecule has 0 radical (unpaired) electrons. The van der Waals surface area contributed by atoms with E-state index in [9.17, 15) is 9.59 Å². The van der Waals surface area contributed by atoms with Crippen LogP contribution in [0.25, 0.3) is 11.2 Å². The fourth-order valence-electron chi connectivity index (χ4n) is 4.30. The van der Waals surface area contributed by atoms with Crippen molar-refractivity contribution in [2.24, 2.45) is 5.92 Å². The van der Waals surface area contributed by atoms with Gasteiger partial charge in [-0.25, -0.2) is 9.97 Å². The summed E-state index contributed by atoms with van der Waals surface area (Å²) in [4.78, 5) is 36.2. The molecule has 7 heteroatoms. The standard InChI is InChI=1S/C24H27N5O2/c30-23(25-11-8-17-4-2-1-3-5-17)18-9-12-28(13-10-18)24(31)19-14-21-22(26-15-19)29(16-27-21)20-6-7-20/h1-5,14-16,18,20H,6-13H2,(H,25,30).